The number of nitrogens with one attached hydrogen (secondary N) is 1. The zero-order chi connectivity index (χ0) is 19.8. The molecule has 0 saturated heterocycles. The van der Waals surface area contributed by atoms with Crippen molar-refractivity contribution < 1.29 is 18.7 Å². The number of hydrogen-bond donors (Lipinski definition) is 1. The first-order valence-corrected chi connectivity index (χ1v) is 9.20. The van der Waals surface area contributed by atoms with Crippen LogP contribution in [0, 0.1) is 11.7 Å². The third-order valence-electron chi connectivity index (χ3n) is 4.67. The third-order valence-corrected chi connectivity index (χ3v) is 4.67. The summed E-state index contributed by atoms with van der Waals surface area (Å²) < 4.78 is 18.4. The van der Waals surface area contributed by atoms with Crippen molar-refractivity contribution in [1.29, 1.82) is 0 Å². The molecule has 27 heavy (non-hydrogen) atoms. The van der Waals surface area contributed by atoms with E-state index in [2.05, 4.69) is 5.32 Å². The van der Waals surface area contributed by atoms with E-state index in [0.29, 0.717) is 0 Å². The Kier molecular flexibility index (Phi) is 7.53. The SMILES string of the molecule is CCC(C)C(C(=O)OC(C)C(=O)NCc1ccc(F)cc1)c1ccccc1. The van der Waals surface area contributed by atoms with Crippen LogP contribution in [0.1, 0.15) is 44.2 Å². The molecular weight excluding hydrogens is 345 g/mol. The van der Waals surface area contributed by atoms with Gasteiger partial charge in [-0.05, 0) is 36.1 Å². The van der Waals surface area contributed by atoms with Crippen molar-refractivity contribution in [2.75, 3.05) is 0 Å². The molecule has 0 saturated carbocycles. The van der Waals surface area contributed by atoms with Crippen LogP contribution in [0.3, 0.4) is 0 Å². The molecule has 2 rings (SSSR count). The lowest BCUT2D eigenvalue weighted by Crippen LogP contribution is -2.37. The van der Waals surface area contributed by atoms with E-state index in [9.17, 15) is 14.0 Å². The van der Waals surface area contributed by atoms with Crippen LogP contribution in [-0.4, -0.2) is 18.0 Å². The minimum Gasteiger partial charge on any atom is -0.452 e. The highest BCUT2D eigenvalue weighted by molar-refractivity contribution is 5.85. The largest absolute Gasteiger partial charge is 0.452 e. The van der Waals surface area contributed by atoms with Crippen molar-refractivity contribution in [1.82, 2.24) is 5.32 Å². The first-order valence-electron chi connectivity index (χ1n) is 9.20. The lowest BCUT2D eigenvalue weighted by Gasteiger charge is -2.23. The van der Waals surface area contributed by atoms with Gasteiger partial charge in [0, 0.05) is 6.54 Å². The molecule has 3 unspecified atom stereocenters. The second-order valence-electron chi connectivity index (χ2n) is 6.70. The molecule has 0 spiro atoms. The van der Waals surface area contributed by atoms with Gasteiger partial charge in [0.05, 0.1) is 5.92 Å². The number of carbonyl (C=O) groups excluding carboxylic acids is 2. The van der Waals surface area contributed by atoms with E-state index >= 15 is 0 Å². The molecule has 4 nitrogen and oxygen atoms in total. The summed E-state index contributed by atoms with van der Waals surface area (Å²) in [5, 5.41) is 2.71. The maximum Gasteiger partial charge on any atom is 0.314 e. The van der Waals surface area contributed by atoms with E-state index in [0.717, 1.165) is 17.5 Å². The van der Waals surface area contributed by atoms with E-state index in [-0.39, 0.29) is 24.2 Å². The van der Waals surface area contributed by atoms with Gasteiger partial charge in [0.15, 0.2) is 6.10 Å². The van der Waals surface area contributed by atoms with Gasteiger partial charge in [-0.3, -0.25) is 9.59 Å². The number of rotatable bonds is 8. The minimum atomic E-state index is -0.909. The van der Waals surface area contributed by atoms with Crippen LogP contribution < -0.4 is 5.32 Å². The van der Waals surface area contributed by atoms with E-state index < -0.39 is 18.0 Å². The maximum atomic E-state index is 12.9. The van der Waals surface area contributed by atoms with Crippen molar-refractivity contribution in [3.05, 3.63) is 71.5 Å². The molecule has 2 aromatic rings. The van der Waals surface area contributed by atoms with E-state index in [1.807, 2.05) is 44.2 Å². The summed E-state index contributed by atoms with van der Waals surface area (Å²) in [4.78, 5) is 25.0. The first-order chi connectivity index (χ1) is 12.9. The Labute approximate surface area is 159 Å². The fourth-order valence-electron chi connectivity index (χ4n) is 2.83. The number of ether oxygens (including phenoxy) is 1. The van der Waals surface area contributed by atoms with Crippen molar-refractivity contribution in [2.45, 2.75) is 45.8 Å². The molecule has 0 heterocycles. The van der Waals surface area contributed by atoms with E-state index in [1.54, 1.807) is 19.1 Å². The van der Waals surface area contributed by atoms with Crippen LogP contribution in [0.2, 0.25) is 0 Å². The number of esters is 1. The van der Waals surface area contributed by atoms with Gasteiger partial charge in [-0.1, -0.05) is 62.7 Å². The molecule has 0 aromatic heterocycles. The summed E-state index contributed by atoms with van der Waals surface area (Å²) in [5.74, 6) is -1.44. The highest BCUT2D eigenvalue weighted by Gasteiger charge is 2.30. The van der Waals surface area contributed by atoms with Crippen molar-refractivity contribution >= 4 is 11.9 Å². The Morgan fingerprint density at radius 2 is 1.67 bits per heavy atom. The Balaban J connectivity index is 1.97. The van der Waals surface area contributed by atoms with Crippen LogP contribution in [-0.2, 0) is 20.9 Å². The molecule has 0 bridgehead atoms. The van der Waals surface area contributed by atoms with Crippen molar-refractivity contribution in [2.24, 2.45) is 5.92 Å². The molecule has 0 aliphatic heterocycles. The first kappa shape index (κ1) is 20.6. The predicted octanol–water partition coefficient (Wildman–Crippen LogP) is 4.20. The summed E-state index contributed by atoms with van der Waals surface area (Å²) in [6, 6.07) is 15.3. The molecular formula is C22H26FNO3. The van der Waals surface area contributed by atoms with Gasteiger partial charge in [0.1, 0.15) is 5.82 Å². The average molecular weight is 371 g/mol. The summed E-state index contributed by atoms with van der Waals surface area (Å²) in [5.41, 5.74) is 1.65. The van der Waals surface area contributed by atoms with Crippen LogP contribution in [0.5, 0.6) is 0 Å². The molecule has 0 fully saturated rings. The number of amides is 1. The van der Waals surface area contributed by atoms with Gasteiger partial charge in [0.25, 0.3) is 5.91 Å². The van der Waals surface area contributed by atoms with Crippen molar-refractivity contribution in [3.63, 3.8) is 0 Å². The number of carbonyl (C=O) groups is 2. The smallest absolute Gasteiger partial charge is 0.314 e. The Morgan fingerprint density at radius 3 is 2.26 bits per heavy atom. The fraction of sp³-hybridized carbons (Fsp3) is 0.364. The number of halogens is 1. The van der Waals surface area contributed by atoms with Crippen LogP contribution in [0.25, 0.3) is 0 Å². The molecule has 5 heteroatoms. The second kappa shape index (κ2) is 9.86. The average Bonchev–Trinajstić information content (AvgIpc) is 2.68. The zero-order valence-electron chi connectivity index (χ0n) is 15.9. The monoisotopic (exact) mass is 371 g/mol. The molecule has 144 valence electrons. The summed E-state index contributed by atoms with van der Waals surface area (Å²) in [6.45, 7) is 5.82. The van der Waals surface area contributed by atoms with Crippen LogP contribution in [0.15, 0.2) is 54.6 Å². The lowest BCUT2D eigenvalue weighted by molar-refractivity contribution is -0.157. The molecule has 2 aromatic carbocycles. The highest BCUT2D eigenvalue weighted by atomic mass is 19.1. The van der Waals surface area contributed by atoms with Gasteiger partial charge in [-0.2, -0.15) is 0 Å². The van der Waals surface area contributed by atoms with Gasteiger partial charge in [0.2, 0.25) is 0 Å². The zero-order valence-corrected chi connectivity index (χ0v) is 15.9. The molecule has 1 amide bonds. The Morgan fingerprint density at radius 1 is 1.04 bits per heavy atom. The predicted molar refractivity (Wildman–Crippen MR) is 102 cm³/mol. The molecule has 0 aliphatic carbocycles. The Hall–Kier alpha value is -2.69. The lowest BCUT2D eigenvalue weighted by atomic mass is 9.85. The minimum absolute atomic E-state index is 0.0920. The van der Waals surface area contributed by atoms with Gasteiger partial charge in [-0.25, -0.2) is 4.39 Å². The summed E-state index contributed by atoms with van der Waals surface area (Å²) >= 11 is 0. The Bertz CT molecular complexity index is 746. The second-order valence-corrected chi connectivity index (χ2v) is 6.70. The van der Waals surface area contributed by atoms with Crippen molar-refractivity contribution in [3.8, 4) is 0 Å². The molecule has 3 atom stereocenters. The van der Waals surface area contributed by atoms with Gasteiger partial charge >= 0.3 is 5.97 Å². The van der Waals surface area contributed by atoms with Crippen LogP contribution in [0.4, 0.5) is 4.39 Å². The molecule has 0 aliphatic rings. The number of hydrogen-bond acceptors (Lipinski definition) is 3. The topological polar surface area (TPSA) is 55.4 Å². The standard InChI is InChI=1S/C22H26FNO3/c1-4-15(2)20(18-8-6-5-7-9-18)22(26)27-16(3)21(25)24-14-17-10-12-19(23)13-11-17/h5-13,15-16,20H,4,14H2,1-3H3,(H,24,25). The van der Waals surface area contributed by atoms with E-state index in [1.165, 1.54) is 12.1 Å². The summed E-state index contributed by atoms with van der Waals surface area (Å²) in [6.07, 6.45) is -0.0898. The maximum absolute atomic E-state index is 12.9. The molecule has 0 radical (unpaired) electrons. The highest BCUT2D eigenvalue weighted by Crippen LogP contribution is 2.28. The van der Waals surface area contributed by atoms with Gasteiger partial charge in [-0.15, -0.1) is 0 Å². The quantitative estimate of drug-likeness (QED) is 0.708. The van der Waals surface area contributed by atoms with Crippen LogP contribution >= 0.6 is 0 Å². The van der Waals surface area contributed by atoms with Gasteiger partial charge < -0.3 is 10.1 Å². The van der Waals surface area contributed by atoms with E-state index in [4.69, 9.17) is 4.74 Å². The summed E-state index contributed by atoms with van der Waals surface area (Å²) in [7, 11) is 0. The molecule has 1 N–H and O–H groups in total. The number of benzene rings is 2. The normalized spacial score (nSPS) is 14.1. The fourth-order valence-corrected chi connectivity index (χ4v) is 2.83. The third kappa shape index (κ3) is 5.91.